The number of benzene rings is 1. The number of hydrogen-bond donors (Lipinski definition) is 1. The molecule has 1 aliphatic rings. The van der Waals surface area contributed by atoms with Crippen LogP contribution < -0.4 is 5.32 Å². The van der Waals surface area contributed by atoms with Crippen molar-refractivity contribution in [2.45, 2.75) is 38.0 Å². The summed E-state index contributed by atoms with van der Waals surface area (Å²) in [6.45, 7) is 0. The van der Waals surface area contributed by atoms with Crippen molar-refractivity contribution in [1.29, 1.82) is 0 Å². The van der Waals surface area contributed by atoms with Gasteiger partial charge in [-0.25, -0.2) is 14.4 Å². The van der Waals surface area contributed by atoms with Crippen molar-refractivity contribution >= 4 is 5.82 Å². The third-order valence-corrected chi connectivity index (χ3v) is 4.07. The lowest BCUT2D eigenvalue weighted by Crippen LogP contribution is -2.06. The van der Waals surface area contributed by atoms with Crippen molar-refractivity contribution in [3.05, 3.63) is 53.2 Å². The number of nitrogens with one attached hydrogen (secondary N) is 1. The van der Waals surface area contributed by atoms with E-state index in [2.05, 4.69) is 10.3 Å². The number of rotatable bonds is 4. The molecule has 2 aromatic rings. The lowest BCUT2D eigenvalue weighted by molar-refractivity contribution is 0.625. The molecule has 110 valence electrons. The van der Waals surface area contributed by atoms with Crippen LogP contribution in [0.2, 0.25) is 0 Å². The van der Waals surface area contributed by atoms with E-state index >= 15 is 0 Å². The molecule has 1 heterocycles. The summed E-state index contributed by atoms with van der Waals surface area (Å²) in [5.41, 5.74) is 2.03. The summed E-state index contributed by atoms with van der Waals surface area (Å²) in [5, 5.41) is 3.10. The summed E-state index contributed by atoms with van der Waals surface area (Å²) in [5.74, 6) is 1.94. The molecule has 3 rings (SSSR count). The van der Waals surface area contributed by atoms with Crippen LogP contribution in [0.4, 0.5) is 10.2 Å². The Morgan fingerprint density at radius 1 is 1.19 bits per heavy atom. The highest BCUT2D eigenvalue weighted by Gasteiger charge is 2.19. The molecule has 21 heavy (non-hydrogen) atoms. The Balaban J connectivity index is 1.88. The monoisotopic (exact) mass is 285 g/mol. The molecule has 0 spiro atoms. The van der Waals surface area contributed by atoms with Crippen LogP contribution in [0.25, 0.3) is 0 Å². The van der Waals surface area contributed by atoms with E-state index in [0.29, 0.717) is 12.3 Å². The Bertz CT molecular complexity index is 621. The first-order valence-electron chi connectivity index (χ1n) is 7.54. The average molecular weight is 285 g/mol. The molecule has 0 radical (unpaired) electrons. The van der Waals surface area contributed by atoms with Crippen LogP contribution in [0.1, 0.15) is 48.7 Å². The van der Waals surface area contributed by atoms with Crippen LogP contribution in [-0.2, 0) is 6.42 Å². The summed E-state index contributed by atoms with van der Waals surface area (Å²) < 4.78 is 13.3. The zero-order valence-corrected chi connectivity index (χ0v) is 12.3. The molecule has 3 nitrogen and oxygen atoms in total. The zero-order valence-electron chi connectivity index (χ0n) is 12.3. The zero-order chi connectivity index (χ0) is 14.7. The Morgan fingerprint density at radius 2 is 2.00 bits per heavy atom. The van der Waals surface area contributed by atoms with Crippen LogP contribution in [-0.4, -0.2) is 17.0 Å². The van der Waals surface area contributed by atoms with Gasteiger partial charge in [0.1, 0.15) is 17.5 Å². The molecular weight excluding hydrogens is 265 g/mol. The van der Waals surface area contributed by atoms with Crippen molar-refractivity contribution in [2.75, 3.05) is 12.4 Å². The molecule has 0 aliphatic heterocycles. The highest BCUT2D eigenvalue weighted by molar-refractivity contribution is 5.37. The first-order chi connectivity index (χ1) is 10.2. The summed E-state index contributed by atoms with van der Waals surface area (Å²) in [6, 6.07) is 8.69. The summed E-state index contributed by atoms with van der Waals surface area (Å²) in [6.07, 6.45) is 5.54. The topological polar surface area (TPSA) is 37.8 Å². The van der Waals surface area contributed by atoms with Gasteiger partial charge in [0.15, 0.2) is 0 Å². The fraction of sp³-hybridized carbons (Fsp3) is 0.412. The minimum atomic E-state index is -0.215. The molecule has 0 atom stereocenters. The fourth-order valence-corrected chi connectivity index (χ4v) is 2.99. The maximum absolute atomic E-state index is 13.3. The molecule has 1 N–H and O–H groups in total. The van der Waals surface area contributed by atoms with Gasteiger partial charge in [-0.05, 0) is 30.5 Å². The van der Waals surface area contributed by atoms with Crippen molar-refractivity contribution in [2.24, 2.45) is 0 Å². The lowest BCUT2D eigenvalue weighted by Gasteiger charge is -2.12. The van der Waals surface area contributed by atoms with E-state index in [4.69, 9.17) is 4.98 Å². The molecule has 1 aromatic heterocycles. The Kier molecular flexibility index (Phi) is 4.13. The average Bonchev–Trinajstić information content (AvgIpc) is 3.01. The molecule has 1 saturated carbocycles. The number of aromatic nitrogens is 2. The quantitative estimate of drug-likeness (QED) is 0.925. The number of anilines is 1. The predicted octanol–water partition coefficient (Wildman–Crippen LogP) is 3.91. The second kappa shape index (κ2) is 6.20. The second-order valence-electron chi connectivity index (χ2n) is 5.63. The van der Waals surface area contributed by atoms with E-state index in [0.717, 1.165) is 22.9 Å². The Hall–Kier alpha value is -1.97. The molecule has 0 amide bonds. The third kappa shape index (κ3) is 3.38. The SMILES string of the molecule is CNc1cc(C2CCCC2)nc(Cc2cccc(F)c2)n1. The molecule has 4 heteroatoms. The van der Waals surface area contributed by atoms with Crippen LogP contribution in [0.5, 0.6) is 0 Å². The molecule has 0 saturated heterocycles. The minimum absolute atomic E-state index is 0.215. The van der Waals surface area contributed by atoms with Gasteiger partial charge in [0.25, 0.3) is 0 Å². The first-order valence-corrected chi connectivity index (χ1v) is 7.54. The highest BCUT2D eigenvalue weighted by atomic mass is 19.1. The molecule has 0 unspecified atom stereocenters. The Morgan fingerprint density at radius 3 is 2.71 bits per heavy atom. The van der Waals surface area contributed by atoms with E-state index in [9.17, 15) is 4.39 Å². The maximum atomic E-state index is 13.3. The molecule has 1 aliphatic carbocycles. The van der Waals surface area contributed by atoms with Gasteiger partial charge in [0, 0.05) is 31.1 Å². The van der Waals surface area contributed by atoms with Gasteiger partial charge < -0.3 is 5.32 Å². The normalized spacial score (nSPS) is 15.3. The first kappa shape index (κ1) is 14.0. The van der Waals surface area contributed by atoms with Gasteiger partial charge in [-0.2, -0.15) is 0 Å². The van der Waals surface area contributed by atoms with E-state index in [-0.39, 0.29) is 5.82 Å². The molecular formula is C17H20FN3. The standard InChI is InChI=1S/C17H20FN3/c1-19-16-11-15(13-6-2-3-7-13)20-17(21-16)10-12-5-4-8-14(18)9-12/h4-5,8-9,11,13H,2-3,6-7,10H2,1H3,(H,19,20,21). The molecule has 1 aromatic carbocycles. The van der Waals surface area contributed by atoms with Gasteiger partial charge >= 0.3 is 0 Å². The van der Waals surface area contributed by atoms with Gasteiger partial charge in [-0.3, -0.25) is 0 Å². The molecule has 1 fully saturated rings. The van der Waals surface area contributed by atoms with Crippen LogP contribution >= 0.6 is 0 Å². The van der Waals surface area contributed by atoms with Crippen LogP contribution in [0.15, 0.2) is 30.3 Å². The summed E-state index contributed by atoms with van der Waals surface area (Å²) in [4.78, 5) is 9.22. The van der Waals surface area contributed by atoms with E-state index < -0.39 is 0 Å². The van der Waals surface area contributed by atoms with Gasteiger partial charge in [-0.15, -0.1) is 0 Å². The maximum Gasteiger partial charge on any atom is 0.135 e. The third-order valence-electron chi connectivity index (χ3n) is 4.07. The lowest BCUT2D eigenvalue weighted by atomic mass is 10.0. The van der Waals surface area contributed by atoms with E-state index in [1.165, 1.54) is 31.7 Å². The van der Waals surface area contributed by atoms with Gasteiger partial charge in [0.05, 0.1) is 0 Å². The van der Waals surface area contributed by atoms with E-state index in [1.807, 2.05) is 19.2 Å². The number of hydrogen-bond acceptors (Lipinski definition) is 3. The largest absolute Gasteiger partial charge is 0.373 e. The van der Waals surface area contributed by atoms with Crippen molar-refractivity contribution < 1.29 is 4.39 Å². The second-order valence-corrected chi connectivity index (χ2v) is 5.63. The predicted molar refractivity (Wildman–Crippen MR) is 82.0 cm³/mol. The highest BCUT2D eigenvalue weighted by Crippen LogP contribution is 2.33. The van der Waals surface area contributed by atoms with Gasteiger partial charge in [0.2, 0.25) is 0 Å². The van der Waals surface area contributed by atoms with Crippen molar-refractivity contribution in [1.82, 2.24) is 9.97 Å². The summed E-state index contributed by atoms with van der Waals surface area (Å²) >= 11 is 0. The summed E-state index contributed by atoms with van der Waals surface area (Å²) in [7, 11) is 1.87. The van der Waals surface area contributed by atoms with Gasteiger partial charge in [-0.1, -0.05) is 25.0 Å². The van der Waals surface area contributed by atoms with Crippen LogP contribution in [0, 0.1) is 5.82 Å². The number of nitrogens with zero attached hydrogens (tertiary/aromatic N) is 2. The van der Waals surface area contributed by atoms with Crippen LogP contribution in [0.3, 0.4) is 0 Å². The van der Waals surface area contributed by atoms with Crippen molar-refractivity contribution in [3.8, 4) is 0 Å². The number of halogens is 1. The fourth-order valence-electron chi connectivity index (χ4n) is 2.99. The Labute approximate surface area is 124 Å². The smallest absolute Gasteiger partial charge is 0.135 e. The van der Waals surface area contributed by atoms with Crippen molar-refractivity contribution in [3.63, 3.8) is 0 Å². The molecule has 0 bridgehead atoms. The minimum Gasteiger partial charge on any atom is -0.373 e. The van der Waals surface area contributed by atoms with E-state index in [1.54, 1.807) is 12.1 Å².